The molecule has 0 spiro atoms. The fraction of sp³-hybridized carbons (Fsp3) is 0.357. The fourth-order valence-electron chi connectivity index (χ4n) is 1.65. The van der Waals surface area contributed by atoms with Crippen LogP contribution < -0.4 is 16.0 Å². The van der Waals surface area contributed by atoms with Crippen LogP contribution in [0.5, 0.6) is 0 Å². The zero-order chi connectivity index (χ0) is 18.3. The highest BCUT2D eigenvalue weighted by Gasteiger charge is 2.34. The molecule has 132 valence electrons. The van der Waals surface area contributed by atoms with Gasteiger partial charge in [0.05, 0.1) is 5.56 Å². The van der Waals surface area contributed by atoms with Crippen LogP contribution >= 0.6 is 47.0 Å². The summed E-state index contributed by atoms with van der Waals surface area (Å²) in [4.78, 5) is 22.5. The highest BCUT2D eigenvalue weighted by molar-refractivity contribution is 7.80. The highest BCUT2D eigenvalue weighted by Crippen LogP contribution is 2.29. The normalized spacial score (nSPS) is 12.2. The van der Waals surface area contributed by atoms with Crippen molar-refractivity contribution in [2.45, 2.75) is 29.7 Å². The molecule has 0 aliphatic heterocycles. The molecule has 0 aromatic heterocycles. The molecule has 1 rings (SSSR count). The van der Waals surface area contributed by atoms with Gasteiger partial charge >= 0.3 is 5.97 Å². The van der Waals surface area contributed by atoms with E-state index >= 15 is 0 Å². The van der Waals surface area contributed by atoms with Gasteiger partial charge in [-0.25, -0.2) is 4.79 Å². The van der Waals surface area contributed by atoms with Crippen molar-refractivity contribution in [1.29, 1.82) is 0 Å². The Morgan fingerprint density at radius 2 is 1.79 bits per heavy atom. The van der Waals surface area contributed by atoms with E-state index in [2.05, 4.69) is 16.0 Å². The van der Waals surface area contributed by atoms with Crippen molar-refractivity contribution in [3.63, 3.8) is 0 Å². The van der Waals surface area contributed by atoms with Gasteiger partial charge in [0.1, 0.15) is 6.17 Å². The molecule has 0 aliphatic rings. The Labute approximate surface area is 159 Å². The molecule has 0 saturated heterocycles. The summed E-state index contributed by atoms with van der Waals surface area (Å²) in [5.41, 5.74) is 0.686. The molecule has 1 atom stereocenters. The summed E-state index contributed by atoms with van der Waals surface area (Å²) < 4.78 is -1.82. The second kappa shape index (κ2) is 9.27. The summed E-state index contributed by atoms with van der Waals surface area (Å²) in [7, 11) is 0. The number of hydrogen-bond donors (Lipinski definition) is 4. The van der Waals surface area contributed by atoms with Crippen molar-refractivity contribution in [1.82, 2.24) is 10.6 Å². The van der Waals surface area contributed by atoms with Crippen molar-refractivity contribution in [3.05, 3.63) is 29.8 Å². The summed E-state index contributed by atoms with van der Waals surface area (Å²) in [5, 5.41) is 17.0. The molecule has 4 N–H and O–H groups in total. The largest absolute Gasteiger partial charge is 0.478 e. The van der Waals surface area contributed by atoms with Crippen LogP contribution in [0.25, 0.3) is 0 Å². The molecule has 0 unspecified atom stereocenters. The predicted molar refractivity (Wildman–Crippen MR) is 99.9 cm³/mol. The van der Waals surface area contributed by atoms with Crippen LogP contribution in [0, 0.1) is 0 Å². The Balaban J connectivity index is 2.70. The molecule has 0 bridgehead atoms. The molecule has 0 heterocycles. The van der Waals surface area contributed by atoms with Crippen LogP contribution in [-0.2, 0) is 4.79 Å². The molecule has 0 fully saturated rings. The number of benzene rings is 1. The number of hydrogen-bond acceptors (Lipinski definition) is 3. The molecular weight excluding hydrogens is 397 g/mol. The molecule has 0 radical (unpaired) electrons. The third kappa shape index (κ3) is 7.09. The summed E-state index contributed by atoms with van der Waals surface area (Å²) in [6, 6.07) is 5.92. The lowest BCUT2D eigenvalue weighted by Gasteiger charge is -2.27. The van der Waals surface area contributed by atoms with Crippen molar-refractivity contribution < 1.29 is 14.7 Å². The number of halogens is 3. The van der Waals surface area contributed by atoms with E-state index in [1.54, 1.807) is 0 Å². The van der Waals surface area contributed by atoms with Crippen LogP contribution in [0.3, 0.4) is 0 Å². The number of nitrogens with one attached hydrogen (secondary N) is 3. The number of alkyl halides is 3. The van der Waals surface area contributed by atoms with Crippen molar-refractivity contribution in [3.8, 4) is 0 Å². The van der Waals surface area contributed by atoms with E-state index in [0.717, 1.165) is 0 Å². The fourth-order valence-corrected chi connectivity index (χ4v) is 2.22. The van der Waals surface area contributed by atoms with Gasteiger partial charge in [0.25, 0.3) is 0 Å². The van der Waals surface area contributed by atoms with E-state index in [9.17, 15) is 9.59 Å². The zero-order valence-corrected chi connectivity index (χ0v) is 15.7. The minimum absolute atomic E-state index is 0.103. The van der Waals surface area contributed by atoms with E-state index in [-0.39, 0.29) is 23.0 Å². The smallest absolute Gasteiger partial charge is 0.335 e. The van der Waals surface area contributed by atoms with E-state index in [1.807, 2.05) is 6.92 Å². The van der Waals surface area contributed by atoms with Gasteiger partial charge in [-0.15, -0.1) is 0 Å². The van der Waals surface area contributed by atoms with Crippen LogP contribution in [0.1, 0.15) is 30.1 Å². The van der Waals surface area contributed by atoms with Gasteiger partial charge < -0.3 is 21.1 Å². The Kier molecular flexibility index (Phi) is 8.02. The average molecular weight is 413 g/mol. The van der Waals surface area contributed by atoms with Gasteiger partial charge in [0, 0.05) is 12.1 Å². The number of aromatic carboxylic acids is 1. The van der Waals surface area contributed by atoms with Crippen molar-refractivity contribution in [2.24, 2.45) is 0 Å². The van der Waals surface area contributed by atoms with E-state index in [1.165, 1.54) is 24.3 Å². The van der Waals surface area contributed by atoms with E-state index < -0.39 is 15.9 Å². The van der Waals surface area contributed by atoms with Crippen LogP contribution in [0.15, 0.2) is 24.3 Å². The van der Waals surface area contributed by atoms with Gasteiger partial charge in [-0.05, 0) is 42.9 Å². The maximum Gasteiger partial charge on any atom is 0.335 e. The summed E-state index contributed by atoms with van der Waals surface area (Å²) in [5.74, 6) is -1.31. The topological polar surface area (TPSA) is 90.5 Å². The molecular formula is C14H16Cl3N3O3S. The number of amides is 1. The molecule has 6 nitrogen and oxygen atoms in total. The van der Waals surface area contributed by atoms with Crippen LogP contribution in [0.4, 0.5) is 5.69 Å². The molecule has 0 saturated carbocycles. The first kappa shape index (κ1) is 20.8. The van der Waals surface area contributed by atoms with Gasteiger partial charge in [-0.1, -0.05) is 41.7 Å². The first-order valence-corrected chi connectivity index (χ1v) is 8.44. The summed E-state index contributed by atoms with van der Waals surface area (Å²) in [6.45, 7) is 1.85. The zero-order valence-electron chi connectivity index (χ0n) is 12.6. The van der Waals surface area contributed by atoms with Gasteiger partial charge in [0.2, 0.25) is 9.70 Å². The number of carboxylic acids is 1. The third-order valence-electron chi connectivity index (χ3n) is 2.77. The third-order valence-corrected chi connectivity index (χ3v) is 3.65. The quantitative estimate of drug-likeness (QED) is 0.326. The number of rotatable bonds is 6. The lowest BCUT2D eigenvalue weighted by molar-refractivity contribution is -0.121. The van der Waals surface area contributed by atoms with Gasteiger partial charge in [-0.3, -0.25) is 4.79 Å². The molecule has 10 heteroatoms. The minimum Gasteiger partial charge on any atom is -0.478 e. The number of anilines is 1. The Bertz CT molecular complexity index is 606. The number of carbonyl (C=O) groups excluding carboxylic acids is 1. The van der Waals surface area contributed by atoms with Crippen molar-refractivity contribution >= 4 is 69.7 Å². The Hall–Kier alpha value is -1.28. The number of carbonyl (C=O) groups is 2. The molecule has 1 amide bonds. The Morgan fingerprint density at radius 1 is 1.21 bits per heavy atom. The molecule has 1 aromatic rings. The standard InChI is InChI=1S/C14H16Cl3N3O3S/c1-2-3-10(21)19-12(14(15,16)17)20-13(24)18-9-6-4-8(5-7-9)11(22)23/h4-7,12H,2-3H2,1H3,(H,19,21)(H,22,23)(H2,18,20,24)/t12-/m0/s1. The van der Waals surface area contributed by atoms with E-state index in [4.69, 9.17) is 52.1 Å². The monoisotopic (exact) mass is 411 g/mol. The molecule has 0 aliphatic carbocycles. The number of thiocarbonyl (C=S) groups is 1. The maximum absolute atomic E-state index is 11.7. The predicted octanol–water partition coefficient (Wildman–Crippen LogP) is 3.28. The molecule has 1 aromatic carbocycles. The van der Waals surface area contributed by atoms with Crippen LogP contribution in [0.2, 0.25) is 0 Å². The second-order valence-electron chi connectivity index (χ2n) is 4.77. The van der Waals surface area contributed by atoms with E-state index in [0.29, 0.717) is 12.1 Å². The average Bonchev–Trinajstić information content (AvgIpc) is 2.46. The summed E-state index contributed by atoms with van der Waals surface area (Å²) in [6.07, 6.45) is -0.0906. The lowest BCUT2D eigenvalue weighted by Crippen LogP contribution is -2.56. The van der Waals surface area contributed by atoms with Gasteiger partial charge in [0.15, 0.2) is 5.11 Å². The molecule has 24 heavy (non-hydrogen) atoms. The maximum atomic E-state index is 11.7. The number of carboxylic acid groups (broad SMARTS) is 1. The lowest BCUT2D eigenvalue weighted by atomic mass is 10.2. The minimum atomic E-state index is -1.82. The van der Waals surface area contributed by atoms with Gasteiger partial charge in [-0.2, -0.15) is 0 Å². The SMILES string of the molecule is CCCC(=O)N[C@@H](NC(=S)Nc1ccc(C(=O)O)cc1)C(Cl)(Cl)Cl. The van der Waals surface area contributed by atoms with Crippen LogP contribution in [-0.4, -0.2) is 32.1 Å². The second-order valence-corrected chi connectivity index (χ2v) is 7.55. The Morgan fingerprint density at radius 3 is 2.25 bits per heavy atom. The highest BCUT2D eigenvalue weighted by atomic mass is 35.6. The first-order valence-electron chi connectivity index (χ1n) is 6.90. The summed E-state index contributed by atoms with van der Waals surface area (Å²) >= 11 is 22.7. The first-order chi connectivity index (χ1) is 11.1. The van der Waals surface area contributed by atoms with Crippen molar-refractivity contribution in [2.75, 3.05) is 5.32 Å².